The SMILES string of the molecule is CCC1(C(=O)CCc2ccc3c(c2)CCO3)CCCN1. The number of aryl methyl sites for hydroxylation is 1. The van der Waals surface area contributed by atoms with E-state index < -0.39 is 0 Å². The zero-order valence-electron chi connectivity index (χ0n) is 12.2. The van der Waals surface area contributed by atoms with Gasteiger partial charge in [0, 0.05) is 12.8 Å². The summed E-state index contributed by atoms with van der Waals surface area (Å²) in [6.07, 6.45) is 5.51. The number of hydrogen-bond donors (Lipinski definition) is 1. The highest BCUT2D eigenvalue weighted by molar-refractivity contribution is 5.88. The van der Waals surface area contributed by atoms with Crippen molar-refractivity contribution in [1.82, 2.24) is 5.32 Å². The first-order chi connectivity index (χ1) is 9.73. The van der Waals surface area contributed by atoms with Crippen molar-refractivity contribution in [2.24, 2.45) is 0 Å². The zero-order chi connectivity index (χ0) is 14.0. The molecule has 2 aliphatic rings. The standard InChI is InChI=1S/C17H23NO2/c1-2-17(9-3-10-18-17)16(19)7-5-13-4-6-15-14(12-13)8-11-20-15/h4,6,12,18H,2-3,5,7-11H2,1H3. The molecular weight excluding hydrogens is 250 g/mol. The van der Waals surface area contributed by atoms with Gasteiger partial charge in [0.2, 0.25) is 0 Å². The van der Waals surface area contributed by atoms with Crippen LogP contribution < -0.4 is 10.1 Å². The molecule has 108 valence electrons. The van der Waals surface area contributed by atoms with Gasteiger partial charge in [0.25, 0.3) is 0 Å². The summed E-state index contributed by atoms with van der Waals surface area (Å²) in [5.41, 5.74) is 2.31. The molecule has 1 N–H and O–H groups in total. The second-order valence-electron chi connectivity index (χ2n) is 5.93. The first-order valence-electron chi connectivity index (χ1n) is 7.76. The second kappa shape index (κ2) is 5.57. The van der Waals surface area contributed by atoms with Gasteiger partial charge in [-0.25, -0.2) is 0 Å². The molecule has 0 amide bonds. The lowest BCUT2D eigenvalue weighted by molar-refractivity contribution is -0.125. The summed E-state index contributed by atoms with van der Waals surface area (Å²) in [6.45, 7) is 3.89. The van der Waals surface area contributed by atoms with E-state index in [9.17, 15) is 4.79 Å². The van der Waals surface area contributed by atoms with Crippen LogP contribution in [0.3, 0.4) is 0 Å². The Morgan fingerprint density at radius 3 is 3.10 bits per heavy atom. The van der Waals surface area contributed by atoms with Gasteiger partial charge in [-0.15, -0.1) is 0 Å². The van der Waals surface area contributed by atoms with Crippen molar-refractivity contribution >= 4 is 5.78 Å². The van der Waals surface area contributed by atoms with Crippen LogP contribution in [0.25, 0.3) is 0 Å². The molecule has 3 nitrogen and oxygen atoms in total. The largest absolute Gasteiger partial charge is 0.493 e. The molecule has 3 heteroatoms. The van der Waals surface area contributed by atoms with Gasteiger partial charge in [0.15, 0.2) is 5.78 Å². The number of carbonyl (C=O) groups excluding carboxylic acids is 1. The fraction of sp³-hybridized carbons (Fsp3) is 0.588. The van der Waals surface area contributed by atoms with Crippen LogP contribution in [0, 0.1) is 0 Å². The topological polar surface area (TPSA) is 38.3 Å². The number of carbonyl (C=O) groups is 1. The monoisotopic (exact) mass is 273 g/mol. The number of hydrogen-bond acceptors (Lipinski definition) is 3. The van der Waals surface area contributed by atoms with E-state index in [1.54, 1.807) is 0 Å². The molecule has 3 rings (SSSR count). The number of fused-ring (bicyclic) bond motifs is 1. The number of ether oxygens (including phenoxy) is 1. The lowest BCUT2D eigenvalue weighted by atomic mass is 9.86. The van der Waals surface area contributed by atoms with Gasteiger partial charge < -0.3 is 10.1 Å². The van der Waals surface area contributed by atoms with Crippen molar-refractivity contribution in [3.63, 3.8) is 0 Å². The van der Waals surface area contributed by atoms with Crippen molar-refractivity contribution in [1.29, 1.82) is 0 Å². The Hall–Kier alpha value is -1.35. The number of rotatable bonds is 5. The van der Waals surface area contributed by atoms with E-state index in [-0.39, 0.29) is 5.54 Å². The number of benzene rings is 1. The molecule has 1 unspecified atom stereocenters. The van der Waals surface area contributed by atoms with Crippen molar-refractivity contribution in [3.8, 4) is 5.75 Å². The average molecular weight is 273 g/mol. The highest BCUT2D eigenvalue weighted by Crippen LogP contribution is 2.28. The van der Waals surface area contributed by atoms with Gasteiger partial charge in [0.05, 0.1) is 12.1 Å². The maximum atomic E-state index is 12.5. The molecule has 1 atom stereocenters. The molecule has 2 aliphatic heterocycles. The van der Waals surface area contributed by atoms with E-state index in [0.29, 0.717) is 12.2 Å². The normalized spacial score (nSPS) is 24.4. The van der Waals surface area contributed by atoms with Crippen LogP contribution in [0.15, 0.2) is 18.2 Å². The van der Waals surface area contributed by atoms with Crippen LogP contribution in [-0.2, 0) is 17.6 Å². The quantitative estimate of drug-likeness (QED) is 0.896. The Morgan fingerprint density at radius 2 is 2.35 bits per heavy atom. The Kier molecular flexibility index (Phi) is 3.79. The van der Waals surface area contributed by atoms with Crippen LogP contribution in [0.5, 0.6) is 5.75 Å². The van der Waals surface area contributed by atoms with Gasteiger partial charge in [-0.1, -0.05) is 19.1 Å². The van der Waals surface area contributed by atoms with E-state index in [4.69, 9.17) is 4.74 Å². The Balaban J connectivity index is 1.63. The summed E-state index contributed by atoms with van der Waals surface area (Å²) in [5, 5.41) is 3.43. The number of nitrogens with one attached hydrogen (secondary N) is 1. The fourth-order valence-corrected chi connectivity index (χ4v) is 3.44. The van der Waals surface area contributed by atoms with Crippen LogP contribution in [0.2, 0.25) is 0 Å². The van der Waals surface area contributed by atoms with Gasteiger partial charge in [-0.2, -0.15) is 0 Å². The van der Waals surface area contributed by atoms with E-state index >= 15 is 0 Å². The molecule has 0 spiro atoms. The minimum Gasteiger partial charge on any atom is -0.493 e. The molecule has 1 aromatic rings. The molecule has 2 heterocycles. The summed E-state index contributed by atoms with van der Waals surface area (Å²) in [7, 11) is 0. The molecule has 1 aromatic carbocycles. The zero-order valence-corrected chi connectivity index (χ0v) is 12.2. The number of ketones is 1. The van der Waals surface area contributed by atoms with Crippen molar-refractivity contribution in [2.45, 2.75) is 51.0 Å². The summed E-state index contributed by atoms with van der Waals surface area (Å²) >= 11 is 0. The molecule has 0 radical (unpaired) electrons. The minimum absolute atomic E-state index is 0.236. The molecular formula is C17H23NO2. The smallest absolute Gasteiger partial charge is 0.153 e. The predicted molar refractivity (Wildman–Crippen MR) is 79.2 cm³/mol. The Labute approximate surface area is 120 Å². The first kappa shape index (κ1) is 13.6. The summed E-state index contributed by atoms with van der Waals surface area (Å²) < 4.78 is 5.52. The summed E-state index contributed by atoms with van der Waals surface area (Å²) in [6, 6.07) is 6.35. The second-order valence-corrected chi connectivity index (χ2v) is 5.93. The lowest BCUT2D eigenvalue weighted by Crippen LogP contribution is -2.47. The first-order valence-corrected chi connectivity index (χ1v) is 7.76. The highest BCUT2D eigenvalue weighted by atomic mass is 16.5. The third kappa shape index (κ3) is 2.47. The summed E-state index contributed by atoms with van der Waals surface area (Å²) in [5.74, 6) is 1.40. The third-order valence-electron chi connectivity index (χ3n) is 4.78. The van der Waals surface area contributed by atoms with Gasteiger partial charge >= 0.3 is 0 Å². The van der Waals surface area contributed by atoms with Crippen LogP contribution in [0.1, 0.15) is 43.7 Å². The van der Waals surface area contributed by atoms with Gasteiger partial charge in [-0.05, 0) is 49.4 Å². The number of Topliss-reactive ketones (excluding diaryl/α,β-unsaturated/α-hetero) is 1. The van der Waals surface area contributed by atoms with Crippen LogP contribution in [-0.4, -0.2) is 24.5 Å². The van der Waals surface area contributed by atoms with E-state index in [1.165, 1.54) is 11.1 Å². The third-order valence-corrected chi connectivity index (χ3v) is 4.78. The predicted octanol–water partition coefficient (Wildman–Crippen LogP) is 2.66. The average Bonchev–Trinajstić information content (AvgIpc) is 3.13. The van der Waals surface area contributed by atoms with E-state index in [0.717, 1.165) is 51.0 Å². The molecule has 1 saturated heterocycles. The molecule has 0 aromatic heterocycles. The van der Waals surface area contributed by atoms with E-state index in [1.807, 2.05) is 6.07 Å². The lowest BCUT2D eigenvalue weighted by Gasteiger charge is -2.26. The summed E-state index contributed by atoms with van der Waals surface area (Å²) in [4.78, 5) is 12.5. The Morgan fingerprint density at radius 1 is 1.45 bits per heavy atom. The van der Waals surface area contributed by atoms with E-state index in [2.05, 4.69) is 24.4 Å². The molecule has 0 saturated carbocycles. The molecule has 20 heavy (non-hydrogen) atoms. The van der Waals surface area contributed by atoms with Crippen molar-refractivity contribution in [2.75, 3.05) is 13.2 Å². The maximum absolute atomic E-state index is 12.5. The van der Waals surface area contributed by atoms with Crippen LogP contribution >= 0.6 is 0 Å². The highest BCUT2D eigenvalue weighted by Gasteiger charge is 2.37. The van der Waals surface area contributed by atoms with Crippen molar-refractivity contribution < 1.29 is 9.53 Å². The van der Waals surface area contributed by atoms with Gasteiger partial charge in [0.1, 0.15) is 5.75 Å². The van der Waals surface area contributed by atoms with Crippen molar-refractivity contribution in [3.05, 3.63) is 29.3 Å². The maximum Gasteiger partial charge on any atom is 0.153 e. The minimum atomic E-state index is -0.236. The van der Waals surface area contributed by atoms with Gasteiger partial charge in [-0.3, -0.25) is 4.79 Å². The van der Waals surface area contributed by atoms with Crippen LogP contribution in [0.4, 0.5) is 0 Å². The fourth-order valence-electron chi connectivity index (χ4n) is 3.44. The molecule has 0 bridgehead atoms. The Bertz CT molecular complexity index is 504. The molecule has 0 aliphatic carbocycles. The molecule has 1 fully saturated rings.